The lowest BCUT2D eigenvalue weighted by molar-refractivity contribution is 0.850. The summed E-state index contributed by atoms with van der Waals surface area (Å²) >= 11 is 9.57. The second-order valence-corrected chi connectivity index (χ2v) is 5.36. The second-order valence-electron chi connectivity index (χ2n) is 4.09. The van der Waals surface area contributed by atoms with Crippen LogP contribution in [0.2, 0.25) is 5.15 Å². The van der Waals surface area contributed by atoms with Crippen molar-refractivity contribution < 1.29 is 0 Å². The van der Waals surface area contributed by atoms with E-state index in [1.165, 1.54) is 6.33 Å². The summed E-state index contributed by atoms with van der Waals surface area (Å²) in [6.07, 6.45) is 1.51. The first-order valence-corrected chi connectivity index (χ1v) is 6.53. The molecule has 0 saturated heterocycles. The number of rotatable bonds is 2. The van der Waals surface area contributed by atoms with E-state index < -0.39 is 0 Å². The number of benzene rings is 1. The molecule has 1 aromatic heterocycles. The molecule has 0 atom stereocenters. The molecule has 0 radical (unpaired) electrons. The van der Waals surface area contributed by atoms with Crippen LogP contribution >= 0.6 is 27.5 Å². The van der Waals surface area contributed by atoms with Gasteiger partial charge < -0.3 is 0 Å². The van der Waals surface area contributed by atoms with Gasteiger partial charge in [-0.2, -0.15) is 0 Å². The van der Waals surface area contributed by atoms with Gasteiger partial charge in [0.2, 0.25) is 0 Å². The van der Waals surface area contributed by atoms with Crippen LogP contribution in [0, 0.1) is 0 Å². The molecule has 0 fully saturated rings. The number of aromatic nitrogens is 2. The summed E-state index contributed by atoms with van der Waals surface area (Å²) in [7, 11) is 0. The number of hydrogen-bond acceptors (Lipinski definition) is 2. The van der Waals surface area contributed by atoms with Crippen LogP contribution in [0.15, 0.2) is 35.1 Å². The van der Waals surface area contributed by atoms with Gasteiger partial charge in [0.05, 0.1) is 5.69 Å². The summed E-state index contributed by atoms with van der Waals surface area (Å²) < 4.78 is 1.05. The van der Waals surface area contributed by atoms with E-state index in [4.69, 9.17) is 11.6 Å². The summed E-state index contributed by atoms with van der Waals surface area (Å²) in [6, 6.07) is 8.04. The Hall–Kier alpha value is -0.930. The molecule has 0 aliphatic heterocycles. The van der Waals surface area contributed by atoms with E-state index in [1.807, 2.05) is 24.3 Å². The first-order valence-electron chi connectivity index (χ1n) is 5.36. The third-order valence-electron chi connectivity index (χ3n) is 2.53. The highest BCUT2D eigenvalue weighted by molar-refractivity contribution is 9.10. The molecule has 2 rings (SSSR count). The molecule has 88 valence electrons. The Labute approximate surface area is 114 Å². The molecule has 0 spiro atoms. The van der Waals surface area contributed by atoms with E-state index in [9.17, 15) is 0 Å². The summed E-state index contributed by atoms with van der Waals surface area (Å²) in [5.41, 5.74) is 2.96. The van der Waals surface area contributed by atoms with E-state index in [1.54, 1.807) is 0 Å². The minimum absolute atomic E-state index is 0.294. The molecule has 0 amide bonds. The Morgan fingerprint density at radius 2 is 1.76 bits per heavy atom. The fourth-order valence-corrected chi connectivity index (χ4v) is 2.34. The van der Waals surface area contributed by atoms with Crippen molar-refractivity contribution in [1.29, 1.82) is 0 Å². The molecule has 0 aliphatic carbocycles. The zero-order valence-electron chi connectivity index (χ0n) is 9.61. The first-order chi connectivity index (χ1) is 8.09. The molecule has 1 heterocycles. The number of hydrogen-bond donors (Lipinski definition) is 0. The highest BCUT2D eigenvalue weighted by Gasteiger charge is 2.14. The van der Waals surface area contributed by atoms with Crippen LogP contribution in [0.1, 0.15) is 25.3 Å². The van der Waals surface area contributed by atoms with Gasteiger partial charge in [-0.25, -0.2) is 9.97 Å². The molecule has 4 heteroatoms. The van der Waals surface area contributed by atoms with Gasteiger partial charge in [-0.1, -0.05) is 53.5 Å². The van der Waals surface area contributed by atoms with Gasteiger partial charge in [-0.05, 0) is 18.1 Å². The third-order valence-corrected chi connectivity index (χ3v) is 3.36. The van der Waals surface area contributed by atoms with Crippen LogP contribution in [0.4, 0.5) is 0 Å². The molecule has 0 aliphatic rings. The molecule has 0 bridgehead atoms. The van der Waals surface area contributed by atoms with Crippen molar-refractivity contribution in [2.75, 3.05) is 0 Å². The van der Waals surface area contributed by atoms with Crippen LogP contribution in [-0.4, -0.2) is 9.97 Å². The van der Waals surface area contributed by atoms with Crippen molar-refractivity contribution in [3.63, 3.8) is 0 Å². The minimum Gasteiger partial charge on any atom is -0.236 e. The van der Waals surface area contributed by atoms with Crippen LogP contribution in [0.3, 0.4) is 0 Å². The third kappa shape index (κ3) is 2.67. The maximum absolute atomic E-state index is 6.15. The van der Waals surface area contributed by atoms with Crippen LogP contribution in [0.25, 0.3) is 11.3 Å². The van der Waals surface area contributed by atoms with Crippen molar-refractivity contribution in [3.05, 3.63) is 45.8 Å². The van der Waals surface area contributed by atoms with Crippen LogP contribution in [-0.2, 0) is 0 Å². The zero-order valence-corrected chi connectivity index (χ0v) is 12.0. The van der Waals surface area contributed by atoms with E-state index in [-0.39, 0.29) is 0 Å². The number of halogens is 2. The molecule has 1 aromatic carbocycles. The predicted octanol–water partition coefficient (Wildman–Crippen LogP) is 4.68. The normalized spacial score (nSPS) is 10.9. The molecular formula is C13H12BrClN2. The largest absolute Gasteiger partial charge is 0.236 e. The average molecular weight is 312 g/mol. The van der Waals surface area contributed by atoms with Crippen molar-refractivity contribution in [2.24, 2.45) is 0 Å². The van der Waals surface area contributed by atoms with Crippen LogP contribution in [0.5, 0.6) is 0 Å². The fourth-order valence-electron chi connectivity index (χ4n) is 1.72. The SMILES string of the molecule is CC(C)c1c(Cl)ncnc1-c1ccc(Br)cc1. The topological polar surface area (TPSA) is 25.8 Å². The van der Waals surface area contributed by atoms with Crippen molar-refractivity contribution in [3.8, 4) is 11.3 Å². The maximum Gasteiger partial charge on any atom is 0.136 e. The van der Waals surface area contributed by atoms with Crippen LogP contribution < -0.4 is 0 Å². The Balaban J connectivity index is 2.59. The molecule has 2 nitrogen and oxygen atoms in total. The van der Waals surface area contributed by atoms with Gasteiger partial charge in [0.1, 0.15) is 11.5 Å². The van der Waals surface area contributed by atoms with E-state index in [0.29, 0.717) is 11.1 Å². The molecule has 0 unspecified atom stereocenters. The molecule has 0 N–H and O–H groups in total. The predicted molar refractivity (Wildman–Crippen MR) is 74.3 cm³/mol. The lowest BCUT2D eigenvalue weighted by Gasteiger charge is -2.12. The van der Waals surface area contributed by atoms with E-state index >= 15 is 0 Å². The van der Waals surface area contributed by atoms with Crippen molar-refractivity contribution >= 4 is 27.5 Å². The smallest absolute Gasteiger partial charge is 0.136 e. The molecular weight excluding hydrogens is 300 g/mol. The lowest BCUT2D eigenvalue weighted by Crippen LogP contribution is -1.98. The number of nitrogens with zero attached hydrogens (tertiary/aromatic N) is 2. The Bertz CT molecular complexity index is 523. The van der Waals surface area contributed by atoms with Gasteiger partial charge in [0.15, 0.2) is 0 Å². The van der Waals surface area contributed by atoms with Crippen molar-refractivity contribution in [1.82, 2.24) is 9.97 Å². The lowest BCUT2D eigenvalue weighted by atomic mass is 9.99. The van der Waals surface area contributed by atoms with Gasteiger partial charge in [0.25, 0.3) is 0 Å². The molecule has 0 saturated carbocycles. The van der Waals surface area contributed by atoms with Crippen molar-refractivity contribution in [2.45, 2.75) is 19.8 Å². The van der Waals surface area contributed by atoms with Gasteiger partial charge in [-0.3, -0.25) is 0 Å². The minimum atomic E-state index is 0.294. The Morgan fingerprint density at radius 3 is 2.35 bits per heavy atom. The first kappa shape index (κ1) is 12.5. The summed E-state index contributed by atoms with van der Waals surface area (Å²) in [5, 5.41) is 0.535. The Kier molecular flexibility index (Phi) is 3.79. The highest BCUT2D eigenvalue weighted by Crippen LogP contribution is 2.31. The average Bonchev–Trinajstić information content (AvgIpc) is 2.29. The Morgan fingerprint density at radius 1 is 1.12 bits per heavy atom. The molecule has 2 aromatic rings. The summed E-state index contributed by atoms with van der Waals surface area (Å²) in [6.45, 7) is 4.18. The maximum atomic E-state index is 6.15. The fraction of sp³-hybridized carbons (Fsp3) is 0.231. The van der Waals surface area contributed by atoms with E-state index in [2.05, 4.69) is 39.7 Å². The van der Waals surface area contributed by atoms with Gasteiger partial charge >= 0.3 is 0 Å². The highest BCUT2D eigenvalue weighted by atomic mass is 79.9. The zero-order chi connectivity index (χ0) is 12.4. The molecule has 17 heavy (non-hydrogen) atoms. The van der Waals surface area contributed by atoms with Gasteiger partial charge in [-0.15, -0.1) is 0 Å². The standard InChI is InChI=1S/C13H12BrClN2/c1-8(2)11-12(16-7-17-13(11)15)9-3-5-10(14)6-4-9/h3-8H,1-2H3. The summed E-state index contributed by atoms with van der Waals surface area (Å²) in [5.74, 6) is 0.294. The second kappa shape index (κ2) is 5.15. The summed E-state index contributed by atoms with van der Waals surface area (Å²) in [4.78, 5) is 8.40. The monoisotopic (exact) mass is 310 g/mol. The van der Waals surface area contributed by atoms with Gasteiger partial charge in [0, 0.05) is 15.6 Å². The quantitative estimate of drug-likeness (QED) is 0.752. The van der Waals surface area contributed by atoms with E-state index in [0.717, 1.165) is 21.3 Å².